The van der Waals surface area contributed by atoms with Crippen molar-refractivity contribution >= 4 is 23.2 Å². The standard InChI is InChI=1S/C24H29N3O4/c1-18-13-14-20(17-22(18)27(30)31)23(28)25-15-8-16-26(21-11-6-3-7-12-21)24(29)19-9-4-2-5-10-19/h3,6-7,11-14,17,19H,2,4-5,8-10,15-16H2,1H3,(H,25,28). The largest absolute Gasteiger partial charge is 0.352 e. The molecule has 0 unspecified atom stereocenters. The molecule has 0 heterocycles. The third kappa shape index (κ3) is 5.90. The maximum atomic E-state index is 13.2. The molecule has 1 N–H and O–H groups in total. The number of nitro benzene ring substituents is 1. The predicted octanol–water partition coefficient (Wildman–Crippen LogP) is 4.64. The molecule has 1 aliphatic rings. The minimum Gasteiger partial charge on any atom is -0.352 e. The molecule has 2 amide bonds. The molecule has 1 fully saturated rings. The van der Waals surface area contributed by atoms with Crippen LogP contribution in [0.2, 0.25) is 0 Å². The summed E-state index contributed by atoms with van der Waals surface area (Å²) in [5.41, 5.74) is 1.58. The fourth-order valence-electron chi connectivity index (χ4n) is 4.03. The number of hydrogen-bond acceptors (Lipinski definition) is 4. The number of anilines is 1. The number of benzene rings is 2. The average molecular weight is 424 g/mol. The van der Waals surface area contributed by atoms with Gasteiger partial charge >= 0.3 is 0 Å². The molecule has 1 aliphatic carbocycles. The van der Waals surface area contributed by atoms with Crippen molar-refractivity contribution in [2.45, 2.75) is 45.4 Å². The average Bonchev–Trinajstić information content (AvgIpc) is 2.80. The molecule has 2 aromatic rings. The van der Waals surface area contributed by atoms with Crippen molar-refractivity contribution in [3.8, 4) is 0 Å². The molecule has 0 bridgehead atoms. The minimum atomic E-state index is -0.485. The summed E-state index contributed by atoms with van der Waals surface area (Å²) in [5.74, 6) is -0.129. The summed E-state index contributed by atoms with van der Waals surface area (Å²) in [4.78, 5) is 38.0. The van der Waals surface area contributed by atoms with Gasteiger partial charge in [0.25, 0.3) is 11.6 Å². The second-order valence-electron chi connectivity index (χ2n) is 8.03. The van der Waals surface area contributed by atoms with E-state index in [1.165, 1.54) is 12.5 Å². The van der Waals surface area contributed by atoms with Crippen LogP contribution in [0.4, 0.5) is 11.4 Å². The van der Waals surface area contributed by atoms with Gasteiger partial charge in [-0.2, -0.15) is 0 Å². The van der Waals surface area contributed by atoms with Gasteiger partial charge < -0.3 is 10.2 Å². The van der Waals surface area contributed by atoms with Crippen LogP contribution in [0, 0.1) is 23.0 Å². The molecule has 0 aliphatic heterocycles. The van der Waals surface area contributed by atoms with E-state index in [-0.39, 0.29) is 29.0 Å². The lowest BCUT2D eigenvalue weighted by atomic mass is 9.88. The molecule has 2 aromatic carbocycles. The summed E-state index contributed by atoms with van der Waals surface area (Å²) in [6.45, 7) is 2.52. The number of nitro groups is 1. The van der Waals surface area contributed by atoms with Crippen molar-refractivity contribution in [2.75, 3.05) is 18.0 Å². The molecule has 0 aromatic heterocycles. The number of rotatable bonds is 8. The van der Waals surface area contributed by atoms with E-state index in [4.69, 9.17) is 0 Å². The SMILES string of the molecule is Cc1ccc(C(=O)NCCCN(C(=O)C2CCCCC2)c2ccccc2)cc1[N+](=O)[O-]. The smallest absolute Gasteiger partial charge is 0.273 e. The topological polar surface area (TPSA) is 92.6 Å². The first-order valence-electron chi connectivity index (χ1n) is 10.9. The number of hydrogen-bond donors (Lipinski definition) is 1. The van der Waals surface area contributed by atoms with E-state index in [2.05, 4.69) is 5.32 Å². The van der Waals surface area contributed by atoms with Gasteiger partial charge in [0, 0.05) is 41.9 Å². The Bertz CT molecular complexity index is 924. The number of para-hydroxylation sites is 1. The van der Waals surface area contributed by atoms with Gasteiger partial charge in [-0.05, 0) is 44.4 Å². The number of nitrogens with one attached hydrogen (secondary N) is 1. The van der Waals surface area contributed by atoms with Gasteiger partial charge in [0.05, 0.1) is 4.92 Å². The summed E-state index contributed by atoms with van der Waals surface area (Å²) in [7, 11) is 0. The lowest BCUT2D eigenvalue weighted by Crippen LogP contribution is -2.39. The fraction of sp³-hybridized carbons (Fsp3) is 0.417. The summed E-state index contributed by atoms with van der Waals surface area (Å²) in [5, 5.41) is 13.9. The zero-order chi connectivity index (χ0) is 22.2. The molecule has 3 rings (SSSR count). The number of carbonyl (C=O) groups is 2. The van der Waals surface area contributed by atoms with E-state index < -0.39 is 4.92 Å². The second kappa shape index (κ2) is 10.7. The van der Waals surface area contributed by atoms with Gasteiger partial charge in [-0.15, -0.1) is 0 Å². The Morgan fingerprint density at radius 3 is 2.48 bits per heavy atom. The maximum absolute atomic E-state index is 13.2. The van der Waals surface area contributed by atoms with E-state index in [9.17, 15) is 19.7 Å². The van der Waals surface area contributed by atoms with Crippen LogP contribution in [-0.2, 0) is 4.79 Å². The van der Waals surface area contributed by atoms with Crippen LogP contribution in [0.3, 0.4) is 0 Å². The highest BCUT2D eigenvalue weighted by atomic mass is 16.6. The van der Waals surface area contributed by atoms with Crippen molar-refractivity contribution in [1.82, 2.24) is 5.32 Å². The molecule has 7 heteroatoms. The molecule has 31 heavy (non-hydrogen) atoms. The quantitative estimate of drug-likeness (QED) is 0.380. The van der Waals surface area contributed by atoms with E-state index in [0.29, 0.717) is 25.1 Å². The van der Waals surface area contributed by atoms with Crippen molar-refractivity contribution < 1.29 is 14.5 Å². The maximum Gasteiger partial charge on any atom is 0.273 e. The molecular formula is C24H29N3O4. The number of aryl methyl sites for hydroxylation is 1. The van der Waals surface area contributed by atoms with Gasteiger partial charge in [-0.25, -0.2) is 0 Å². The van der Waals surface area contributed by atoms with Crippen LogP contribution >= 0.6 is 0 Å². The van der Waals surface area contributed by atoms with Crippen LogP contribution in [0.25, 0.3) is 0 Å². The van der Waals surface area contributed by atoms with E-state index in [1.54, 1.807) is 19.1 Å². The van der Waals surface area contributed by atoms with Crippen LogP contribution in [0.15, 0.2) is 48.5 Å². The Kier molecular flexibility index (Phi) is 7.76. The predicted molar refractivity (Wildman–Crippen MR) is 120 cm³/mol. The van der Waals surface area contributed by atoms with E-state index in [1.807, 2.05) is 35.2 Å². The zero-order valence-corrected chi connectivity index (χ0v) is 17.9. The number of nitrogens with zero attached hydrogens (tertiary/aromatic N) is 2. The first-order valence-corrected chi connectivity index (χ1v) is 10.9. The zero-order valence-electron chi connectivity index (χ0n) is 17.9. The van der Waals surface area contributed by atoms with Crippen LogP contribution in [-0.4, -0.2) is 29.8 Å². The van der Waals surface area contributed by atoms with Crippen molar-refractivity contribution in [3.63, 3.8) is 0 Å². The molecule has 7 nitrogen and oxygen atoms in total. The van der Waals surface area contributed by atoms with Crippen LogP contribution < -0.4 is 10.2 Å². The molecule has 1 saturated carbocycles. The molecule has 0 spiro atoms. The molecular weight excluding hydrogens is 394 g/mol. The Morgan fingerprint density at radius 1 is 1.10 bits per heavy atom. The highest BCUT2D eigenvalue weighted by molar-refractivity contribution is 5.95. The van der Waals surface area contributed by atoms with Crippen molar-refractivity contribution in [3.05, 3.63) is 69.8 Å². The Labute approximate surface area is 182 Å². The van der Waals surface area contributed by atoms with Crippen molar-refractivity contribution in [2.24, 2.45) is 5.92 Å². The highest BCUT2D eigenvalue weighted by Crippen LogP contribution is 2.27. The second-order valence-corrected chi connectivity index (χ2v) is 8.03. The number of amides is 2. The van der Waals surface area contributed by atoms with Crippen LogP contribution in [0.5, 0.6) is 0 Å². The summed E-state index contributed by atoms with van der Waals surface area (Å²) in [6, 6.07) is 14.1. The summed E-state index contributed by atoms with van der Waals surface area (Å²) < 4.78 is 0. The van der Waals surface area contributed by atoms with Crippen molar-refractivity contribution in [1.29, 1.82) is 0 Å². The normalized spacial score (nSPS) is 14.1. The highest BCUT2D eigenvalue weighted by Gasteiger charge is 2.26. The van der Waals surface area contributed by atoms with Gasteiger partial charge in [0.2, 0.25) is 5.91 Å². The fourth-order valence-corrected chi connectivity index (χ4v) is 4.03. The number of carbonyl (C=O) groups excluding carboxylic acids is 2. The third-order valence-electron chi connectivity index (χ3n) is 5.80. The minimum absolute atomic E-state index is 0.0663. The first kappa shape index (κ1) is 22.5. The Balaban J connectivity index is 1.59. The molecule has 0 radical (unpaired) electrons. The summed E-state index contributed by atoms with van der Waals surface area (Å²) in [6.07, 6.45) is 5.84. The summed E-state index contributed by atoms with van der Waals surface area (Å²) >= 11 is 0. The third-order valence-corrected chi connectivity index (χ3v) is 5.80. The first-order chi connectivity index (χ1) is 15.0. The molecule has 0 saturated heterocycles. The molecule has 0 atom stereocenters. The Hall–Kier alpha value is -3.22. The monoisotopic (exact) mass is 423 g/mol. The van der Waals surface area contributed by atoms with Gasteiger partial charge in [-0.1, -0.05) is 43.5 Å². The van der Waals surface area contributed by atoms with Gasteiger partial charge in [0.1, 0.15) is 0 Å². The van der Waals surface area contributed by atoms with E-state index in [0.717, 1.165) is 31.4 Å². The van der Waals surface area contributed by atoms with Gasteiger partial charge in [0.15, 0.2) is 0 Å². The lowest BCUT2D eigenvalue weighted by molar-refractivity contribution is -0.385. The van der Waals surface area contributed by atoms with Crippen LogP contribution in [0.1, 0.15) is 54.4 Å². The Morgan fingerprint density at radius 2 is 1.81 bits per heavy atom. The lowest BCUT2D eigenvalue weighted by Gasteiger charge is -2.29. The molecule has 164 valence electrons. The van der Waals surface area contributed by atoms with E-state index >= 15 is 0 Å². The van der Waals surface area contributed by atoms with Gasteiger partial charge in [-0.3, -0.25) is 19.7 Å².